The highest BCUT2D eigenvalue weighted by molar-refractivity contribution is 6.31. The molecule has 0 atom stereocenters. The minimum atomic E-state index is -0.174. The average molecular weight is 319 g/mol. The van der Waals surface area contributed by atoms with Gasteiger partial charge in [-0.3, -0.25) is 4.79 Å². The van der Waals surface area contributed by atoms with Crippen molar-refractivity contribution in [2.75, 3.05) is 5.32 Å². The van der Waals surface area contributed by atoms with Gasteiger partial charge in [-0.25, -0.2) is 0 Å². The lowest BCUT2D eigenvalue weighted by Crippen LogP contribution is -2.15. The molecular weight excluding hydrogens is 307 g/mol. The molecule has 0 aliphatic heterocycles. The zero-order valence-electron chi connectivity index (χ0n) is 11.2. The number of hydrogen-bond acceptors (Lipinski definition) is 1. The van der Waals surface area contributed by atoms with Crippen LogP contribution in [-0.2, 0) is 7.05 Å². The molecule has 0 saturated heterocycles. The zero-order chi connectivity index (χ0) is 15.0. The summed E-state index contributed by atoms with van der Waals surface area (Å²) in [4.78, 5) is 12.4. The molecule has 21 heavy (non-hydrogen) atoms. The third kappa shape index (κ3) is 2.75. The van der Waals surface area contributed by atoms with Gasteiger partial charge in [-0.15, -0.1) is 0 Å². The first kappa shape index (κ1) is 14.0. The maximum absolute atomic E-state index is 12.4. The van der Waals surface area contributed by atoms with Gasteiger partial charge in [0.05, 0.1) is 0 Å². The van der Waals surface area contributed by atoms with Gasteiger partial charge < -0.3 is 9.88 Å². The molecule has 2 aromatic carbocycles. The third-order valence-electron chi connectivity index (χ3n) is 3.34. The lowest BCUT2D eigenvalue weighted by atomic mass is 10.2. The number of nitrogens with zero attached hydrogens (tertiary/aromatic N) is 1. The van der Waals surface area contributed by atoms with Crippen molar-refractivity contribution >= 4 is 45.7 Å². The molecule has 0 spiro atoms. The number of benzene rings is 2. The topological polar surface area (TPSA) is 34.0 Å². The Morgan fingerprint density at radius 1 is 1.00 bits per heavy atom. The molecule has 0 radical (unpaired) electrons. The second kappa shape index (κ2) is 5.43. The van der Waals surface area contributed by atoms with E-state index >= 15 is 0 Å². The van der Waals surface area contributed by atoms with Crippen molar-refractivity contribution in [2.24, 2.45) is 7.05 Å². The predicted molar refractivity (Wildman–Crippen MR) is 87.3 cm³/mol. The van der Waals surface area contributed by atoms with Gasteiger partial charge in [0.25, 0.3) is 5.91 Å². The second-order valence-corrected chi connectivity index (χ2v) is 5.63. The first-order valence-corrected chi connectivity index (χ1v) is 7.12. The van der Waals surface area contributed by atoms with E-state index in [9.17, 15) is 4.79 Å². The number of anilines is 1. The van der Waals surface area contributed by atoms with Crippen molar-refractivity contribution in [3.05, 3.63) is 64.3 Å². The van der Waals surface area contributed by atoms with Crippen molar-refractivity contribution in [3.63, 3.8) is 0 Å². The van der Waals surface area contributed by atoms with E-state index in [-0.39, 0.29) is 5.91 Å². The Labute approximate surface area is 132 Å². The molecule has 106 valence electrons. The van der Waals surface area contributed by atoms with E-state index in [1.165, 1.54) is 0 Å². The number of nitrogens with one attached hydrogen (secondary N) is 1. The van der Waals surface area contributed by atoms with Crippen LogP contribution in [0.1, 0.15) is 10.5 Å². The molecule has 1 N–H and O–H groups in total. The number of fused-ring (bicyclic) bond motifs is 1. The van der Waals surface area contributed by atoms with E-state index in [1.807, 2.05) is 35.9 Å². The molecule has 0 saturated carbocycles. The van der Waals surface area contributed by atoms with Crippen LogP contribution in [0.4, 0.5) is 5.69 Å². The molecule has 0 aliphatic carbocycles. The fourth-order valence-electron chi connectivity index (χ4n) is 2.25. The van der Waals surface area contributed by atoms with Gasteiger partial charge in [0, 0.05) is 33.7 Å². The maximum atomic E-state index is 12.4. The van der Waals surface area contributed by atoms with E-state index in [4.69, 9.17) is 23.2 Å². The molecule has 3 rings (SSSR count). The molecule has 5 heteroatoms. The Bertz CT molecular complexity index is 822. The summed E-state index contributed by atoms with van der Waals surface area (Å²) in [5.41, 5.74) is 2.19. The van der Waals surface area contributed by atoms with Gasteiger partial charge in [0.2, 0.25) is 0 Å². The fourth-order valence-corrected chi connectivity index (χ4v) is 2.54. The average Bonchev–Trinajstić information content (AvgIpc) is 2.79. The molecule has 0 fully saturated rings. The summed E-state index contributed by atoms with van der Waals surface area (Å²) < 4.78 is 1.83. The maximum Gasteiger partial charge on any atom is 0.272 e. The zero-order valence-corrected chi connectivity index (χ0v) is 12.7. The lowest BCUT2D eigenvalue weighted by molar-refractivity contribution is 0.102. The van der Waals surface area contributed by atoms with Crippen LogP contribution in [0.3, 0.4) is 0 Å². The van der Waals surface area contributed by atoms with Crippen molar-refractivity contribution < 1.29 is 4.79 Å². The minimum Gasteiger partial charge on any atom is -0.340 e. The van der Waals surface area contributed by atoms with Crippen molar-refractivity contribution in [1.29, 1.82) is 0 Å². The highest BCUT2D eigenvalue weighted by Crippen LogP contribution is 2.23. The van der Waals surface area contributed by atoms with Crippen LogP contribution in [0.2, 0.25) is 10.0 Å². The monoisotopic (exact) mass is 318 g/mol. The lowest BCUT2D eigenvalue weighted by Gasteiger charge is -2.06. The highest BCUT2D eigenvalue weighted by atomic mass is 35.5. The van der Waals surface area contributed by atoms with E-state index < -0.39 is 0 Å². The number of aromatic nitrogens is 1. The molecule has 3 nitrogen and oxygen atoms in total. The molecule has 1 aromatic heterocycles. The van der Waals surface area contributed by atoms with Gasteiger partial charge >= 0.3 is 0 Å². The Hall–Kier alpha value is -1.97. The summed E-state index contributed by atoms with van der Waals surface area (Å²) in [5.74, 6) is -0.174. The number of halogens is 2. The Kier molecular flexibility index (Phi) is 3.62. The fraction of sp³-hybridized carbons (Fsp3) is 0.0625. The third-order valence-corrected chi connectivity index (χ3v) is 3.83. The first-order chi connectivity index (χ1) is 10.0. The van der Waals surface area contributed by atoms with Crippen LogP contribution < -0.4 is 5.32 Å². The van der Waals surface area contributed by atoms with E-state index in [0.29, 0.717) is 21.4 Å². The molecular formula is C16H12Cl2N2O. The first-order valence-electron chi connectivity index (χ1n) is 6.36. The van der Waals surface area contributed by atoms with Crippen LogP contribution >= 0.6 is 23.2 Å². The minimum absolute atomic E-state index is 0.174. The molecule has 1 heterocycles. The summed E-state index contributed by atoms with van der Waals surface area (Å²) in [6.07, 6.45) is 0. The normalized spacial score (nSPS) is 10.8. The van der Waals surface area contributed by atoms with Crippen LogP contribution in [0.15, 0.2) is 48.5 Å². The largest absolute Gasteiger partial charge is 0.340 e. The molecule has 3 aromatic rings. The summed E-state index contributed by atoms with van der Waals surface area (Å²) in [7, 11) is 1.84. The number of amides is 1. The van der Waals surface area contributed by atoms with Gasteiger partial charge in [0.1, 0.15) is 5.69 Å². The molecule has 1 amide bonds. The van der Waals surface area contributed by atoms with Crippen molar-refractivity contribution in [2.45, 2.75) is 0 Å². The summed E-state index contributed by atoms with van der Waals surface area (Å²) in [6.45, 7) is 0. The second-order valence-electron chi connectivity index (χ2n) is 4.75. The van der Waals surface area contributed by atoms with Gasteiger partial charge in [-0.2, -0.15) is 0 Å². The number of carbonyl (C=O) groups is 1. The summed E-state index contributed by atoms with van der Waals surface area (Å²) in [6, 6.07) is 14.4. The van der Waals surface area contributed by atoms with Gasteiger partial charge in [-0.05, 0) is 42.5 Å². The predicted octanol–water partition coefficient (Wildman–Crippen LogP) is 4.74. The number of aryl methyl sites for hydroxylation is 1. The van der Waals surface area contributed by atoms with Crippen LogP contribution in [0, 0.1) is 0 Å². The van der Waals surface area contributed by atoms with E-state index in [2.05, 4.69) is 5.32 Å². The number of carbonyl (C=O) groups excluding carboxylic acids is 1. The Balaban J connectivity index is 1.94. The quantitative estimate of drug-likeness (QED) is 0.727. The van der Waals surface area contributed by atoms with Crippen molar-refractivity contribution in [1.82, 2.24) is 4.57 Å². The molecule has 0 aliphatic rings. The number of hydrogen-bond donors (Lipinski definition) is 1. The van der Waals surface area contributed by atoms with E-state index in [1.54, 1.807) is 24.3 Å². The molecule has 0 unspecified atom stereocenters. The van der Waals surface area contributed by atoms with Crippen molar-refractivity contribution in [3.8, 4) is 0 Å². The Morgan fingerprint density at radius 3 is 2.38 bits per heavy atom. The summed E-state index contributed by atoms with van der Waals surface area (Å²) in [5, 5.41) is 5.10. The Morgan fingerprint density at radius 2 is 1.67 bits per heavy atom. The standard InChI is InChI=1S/C16H12Cl2N2O/c1-20-14-9-12(18)3-2-10(14)8-15(20)16(21)19-13-6-4-11(17)5-7-13/h2-9H,1H3,(H,19,21). The smallest absolute Gasteiger partial charge is 0.272 e. The molecule has 0 bridgehead atoms. The van der Waals surface area contributed by atoms with E-state index in [0.717, 1.165) is 10.9 Å². The summed E-state index contributed by atoms with van der Waals surface area (Å²) >= 11 is 11.8. The van der Waals surface area contributed by atoms with Gasteiger partial charge in [-0.1, -0.05) is 29.3 Å². The number of rotatable bonds is 2. The van der Waals surface area contributed by atoms with Crippen LogP contribution in [0.5, 0.6) is 0 Å². The van der Waals surface area contributed by atoms with Crippen LogP contribution in [0.25, 0.3) is 10.9 Å². The SMILES string of the molecule is Cn1c(C(=O)Nc2ccc(Cl)cc2)cc2ccc(Cl)cc21. The van der Waals surface area contributed by atoms with Gasteiger partial charge in [0.15, 0.2) is 0 Å². The highest BCUT2D eigenvalue weighted by Gasteiger charge is 2.13. The van der Waals surface area contributed by atoms with Crippen LogP contribution in [-0.4, -0.2) is 10.5 Å².